The molecular formula is C29H26N4O3S. The first-order chi connectivity index (χ1) is 18.0. The monoisotopic (exact) mass is 510 g/mol. The third kappa shape index (κ3) is 4.13. The molecule has 37 heavy (non-hydrogen) atoms. The maximum Gasteiger partial charge on any atom is 0.331 e. The Morgan fingerprint density at radius 3 is 2.62 bits per heavy atom. The number of anilines is 3. The molecule has 0 atom stereocenters. The highest BCUT2D eigenvalue weighted by atomic mass is 32.1. The number of hydrogen-bond donors (Lipinski definition) is 1. The summed E-state index contributed by atoms with van der Waals surface area (Å²) < 4.78 is 5.98. The standard InChI is InChI=1S/C29H26N4O3S/c1-3-24(34)32-15-12-19(13-16-32)27-26-25-23(11-14-30-28(25)37-27)33(29(35)31-26)22-10-9-21(17-18(22)2)36-20-7-5-4-6-8-20/h3-11,14,17,19H,1,12-13,15-16H2,2H3,(H,31,35). The number of nitrogens with one attached hydrogen (secondary N) is 1. The molecule has 1 fully saturated rings. The Bertz CT molecular complexity index is 1520. The molecule has 2 aliphatic rings. The molecule has 4 heterocycles. The highest BCUT2D eigenvalue weighted by Gasteiger charge is 2.34. The molecule has 186 valence electrons. The minimum Gasteiger partial charge on any atom is -0.457 e. The van der Waals surface area contributed by atoms with E-state index in [0.29, 0.717) is 18.8 Å². The van der Waals surface area contributed by atoms with Crippen molar-refractivity contribution < 1.29 is 14.3 Å². The fourth-order valence-corrected chi connectivity index (χ4v) is 6.48. The van der Waals surface area contributed by atoms with Crippen molar-refractivity contribution >= 4 is 50.6 Å². The molecule has 2 aromatic heterocycles. The van der Waals surface area contributed by atoms with Gasteiger partial charge in [-0.2, -0.15) is 0 Å². The lowest BCUT2D eigenvalue weighted by Gasteiger charge is -2.33. The number of likely N-dealkylation sites (tertiary alicyclic amines) is 1. The van der Waals surface area contributed by atoms with Gasteiger partial charge in [0.05, 0.1) is 22.4 Å². The molecule has 8 heteroatoms. The first-order valence-electron chi connectivity index (χ1n) is 12.3. The van der Waals surface area contributed by atoms with Crippen molar-refractivity contribution in [1.82, 2.24) is 9.88 Å². The minimum atomic E-state index is -0.196. The van der Waals surface area contributed by atoms with Gasteiger partial charge in [-0.15, -0.1) is 11.3 Å². The molecule has 0 saturated carbocycles. The topological polar surface area (TPSA) is 74.8 Å². The number of carbonyl (C=O) groups excluding carboxylic acids is 2. The Morgan fingerprint density at radius 1 is 1.11 bits per heavy atom. The van der Waals surface area contributed by atoms with Gasteiger partial charge in [0.1, 0.15) is 16.3 Å². The summed E-state index contributed by atoms with van der Waals surface area (Å²) in [5, 5.41) is 4.14. The van der Waals surface area contributed by atoms with E-state index >= 15 is 0 Å². The maximum absolute atomic E-state index is 13.5. The number of hydrogen-bond acceptors (Lipinski definition) is 5. The van der Waals surface area contributed by atoms with E-state index < -0.39 is 0 Å². The SMILES string of the molecule is C=CC(=O)N1CCC(c2sc3nccc4c3c2NC(=O)N4c2ccc(Oc3ccccc3)cc2C)CC1. The van der Waals surface area contributed by atoms with Crippen LogP contribution in [0.5, 0.6) is 11.5 Å². The molecule has 0 bridgehead atoms. The zero-order chi connectivity index (χ0) is 25.5. The number of thiophene rings is 1. The number of para-hydroxylation sites is 1. The van der Waals surface area contributed by atoms with E-state index in [1.54, 1.807) is 22.4 Å². The van der Waals surface area contributed by atoms with Crippen molar-refractivity contribution in [2.24, 2.45) is 0 Å². The fraction of sp³-hybridized carbons (Fsp3) is 0.207. The lowest BCUT2D eigenvalue weighted by molar-refractivity contribution is -0.127. The third-order valence-electron chi connectivity index (χ3n) is 7.01. The van der Waals surface area contributed by atoms with Crippen molar-refractivity contribution in [2.45, 2.75) is 25.7 Å². The Morgan fingerprint density at radius 2 is 1.89 bits per heavy atom. The molecule has 1 N–H and O–H groups in total. The second kappa shape index (κ2) is 9.37. The largest absolute Gasteiger partial charge is 0.457 e. The fourth-order valence-electron chi connectivity index (χ4n) is 5.19. The second-order valence-corrected chi connectivity index (χ2v) is 10.3. The number of ether oxygens (including phenoxy) is 1. The molecular weight excluding hydrogens is 484 g/mol. The summed E-state index contributed by atoms with van der Waals surface area (Å²) in [5.41, 5.74) is 3.40. The summed E-state index contributed by atoms with van der Waals surface area (Å²) in [7, 11) is 0. The van der Waals surface area contributed by atoms with E-state index in [1.165, 1.54) is 6.08 Å². The number of pyridine rings is 1. The quantitative estimate of drug-likeness (QED) is 0.294. The van der Waals surface area contributed by atoms with Crippen LogP contribution in [0.15, 0.2) is 73.4 Å². The van der Waals surface area contributed by atoms with E-state index in [2.05, 4.69) is 16.9 Å². The first-order valence-corrected chi connectivity index (χ1v) is 13.1. The van der Waals surface area contributed by atoms with Crippen LogP contribution >= 0.6 is 11.3 Å². The Kier molecular flexibility index (Phi) is 5.88. The van der Waals surface area contributed by atoms with Crippen LogP contribution in [0.1, 0.15) is 29.2 Å². The number of benzene rings is 2. The van der Waals surface area contributed by atoms with Crippen LogP contribution < -0.4 is 15.0 Å². The van der Waals surface area contributed by atoms with Gasteiger partial charge in [0, 0.05) is 24.2 Å². The lowest BCUT2D eigenvalue weighted by Crippen LogP contribution is -2.37. The molecule has 7 nitrogen and oxygen atoms in total. The van der Waals surface area contributed by atoms with Gasteiger partial charge in [-0.1, -0.05) is 24.8 Å². The highest BCUT2D eigenvalue weighted by Crippen LogP contribution is 2.50. The van der Waals surface area contributed by atoms with Crippen LogP contribution in [0.2, 0.25) is 0 Å². The molecule has 0 radical (unpaired) electrons. The zero-order valence-electron chi connectivity index (χ0n) is 20.4. The van der Waals surface area contributed by atoms with Crippen LogP contribution in [-0.4, -0.2) is 34.9 Å². The lowest BCUT2D eigenvalue weighted by atomic mass is 9.93. The average Bonchev–Trinajstić information content (AvgIpc) is 3.29. The van der Waals surface area contributed by atoms with Gasteiger partial charge in [0.15, 0.2) is 0 Å². The Balaban J connectivity index is 1.33. The number of piperidine rings is 1. The van der Waals surface area contributed by atoms with Gasteiger partial charge in [0.2, 0.25) is 5.91 Å². The molecule has 6 rings (SSSR count). The predicted octanol–water partition coefficient (Wildman–Crippen LogP) is 6.97. The Labute approximate surface area is 219 Å². The normalized spacial score (nSPS) is 15.5. The summed E-state index contributed by atoms with van der Waals surface area (Å²) in [6.07, 6.45) is 4.82. The first kappa shape index (κ1) is 23.2. The third-order valence-corrected chi connectivity index (χ3v) is 8.27. The van der Waals surface area contributed by atoms with Gasteiger partial charge in [-0.25, -0.2) is 9.78 Å². The molecule has 0 spiro atoms. The van der Waals surface area contributed by atoms with Crippen molar-refractivity contribution in [1.29, 1.82) is 0 Å². The highest BCUT2D eigenvalue weighted by molar-refractivity contribution is 7.19. The second-order valence-electron chi connectivity index (χ2n) is 9.28. The predicted molar refractivity (Wildman–Crippen MR) is 147 cm³/mol. The van der Waals surface area contributed by atoms with Crippen molar-refractivity contribution in [3.05, 3.63) is 83.9 Å². The van der Waals surface area contributed by atoms with Gasteiger partial charge < -0.3 is 15.0 Å². The summed E-state index contributed by atoms with van der Waals surface area (Å²) in [6.45, 7) is 6.94. The number of amides is 3. The molecule has 0 unspecified atom stereocenters. The van der Waals surface area contributed by atoms with E-state index in [-0.39, 0.29) is 17.9 Å². The molecule has 2 aliphatic heterocycles. The summed E-state index contributed by atoms with van der Waals surface area (Å²) in [4.78, 5) is 35.8. The molecule has 0 aliphatic carbocycles. The van der Waals surface area contributed by atoms with Crippen LogP contribution in [0.25, 0.3) is 10.2 Å². The number of aromatic nitrogens is 1. The molecule has 3 amide bonds. The number of nitrogens with zero attached hydrogens (tertiary/aromatic N) is 3. The smallest absolute Gasteiger partial charge is 0.331 e. The van der Waals surface area contributed by atoms with Crippen LogP contribution in [-0.2, 0) is 4.79 Å². The zero-order valence-corrected chi connectivity index (χ0v) is 21.3. The van der Waals surface area contributed by atoms with E-state index in [1.807, 2.05) is 66.4 Å². The van der Waals surface area contributed by atoms with Gasteiger partial charge in [-0.3, -0.25) is 9.69 Å². The average molecular weight is 511 g/mol. The minimum absolute atomic E-state index is 0.0282. The van der Waals surface area contributed by atoms with Gasteiger partial charge in [0.25, 0.3) is 0 Å². The maximum atomic E-state index is 13.5. The summed E-state index contributed by atoms with van der Waals surface area (Å²) >= 11 is 1.64. The van der Waals surface area contributed by atoms with Crippen molar-refractivity contribution in [3.63, 3.8) is 0 Å². The van der Waals surface area contributed by atoms with Gasteiger partial charge in [-0.05, 0) is 73.7 Å². The number of aryl methyl sites for hydroxylation is 1. The van der Waals surface area contributed by atoms with Crippen LogP contribution in [0.3, 0.4) is 0 Å². The Hall–Kier alpha value is -4.17. The van der Waals surface area contributed by atoms with E-state index in [9.17, 15) is 9.59 Å². The van der Waals surface area contributed by atoms with Crippen LogP contribution in [0.4, 0.5) is 21.9 Å². The van der Waals surface area contributed by atoms with E-state index in [0.717, 1.165) is 56.3 Å². The number of carbonyl (C=O) groups is 2. The number of urea groups is 1. The summed E-state index contributed by atoms with van der Waals surface area (Å²) in [5.74, 6) is 1.71. The van der Waals surface area contributed by atoms with Gasteiger partial charge >= 0.3 is 6.03 Å². The number of rotatable bonds is 5. The van der Waals surface area contributed by atoms with Crippen molar-refractivity contribution in [3.8, 4) is 11.5 Å². The molecule has 2 aromatic carbocycles. The van der Waals surface area contributed by atoms with Crippen molar-refractivity contribution in [2.75, 3.05) is 23.3 Å². The summed E-state index contributed by atoms with van der Waals surface area (Å²) in [6, 6.07) is 17.1. The molecule has 1 saturated heterocycles. The van der Waals surface area contributed by atoms with E-state index in [4.69, 9.17) is 4.74 Å². The van der Waals surface area contributed by atoms with Crippen LogP contribution in [0, 0.1) is 6.92 Å². The molecule has 4 aromatic rings.